The van der Waals surface area contributed by atoms with Gasteiger partial charge in [-0.05, 0) is 35.4 Å². The molecule has 0 N–H and O–H groups in total. The summed E-state index contributed by atoms with van der Waals surface area (Å²) in [5.74, 6) is 0.902. The Morgan fingerprint density at radius 2 is 2.00 bits per heavy atom. The molecule has 1 radical (unpaired) electrons. The normalized spacial score (nSPS) is 10.3. The summed E-state index contributed by atoms with van der Waals surface area (Å²) in [5, 5.41) is 2.35. The lowest BCUT2D eigenvalue weighted by Crippen LogP contribution is -1.87. The minimum atomic E-state index is 0.902. The first-order valence-electron chi connectivity index (χ1n) is 4.27. The SMILES string of the molecule is COc1c[c]c2ccccc2c1C. The monoisotopic (exact) mass is 171 g/mol. The van der Waals surface area contributed by atoms with E-state index in [0.29, 0.717) is 0 Å². The molecule has 0 bridgehead atoms. The van der Waals surface area contributed by atoms with E-state index in [2.05, 4.69) is 25.1 Å². The summed E-state index contributed by atoms with van der Waals surface area (Å²) in [5.41, 5.74) is 1.18. The zero-order valence-electron chi connectivity index (χ0n) is 7.79. The van der Waals surface area contributed by atoms with Gasteiger partial charge in [0.25, 0.3) is 0 Å². The van der Waals surface area contributed by atoms with Crippen LogP contribution in [0.3, 0.4) is 0 Å². The van der Waals surface area contributed by atoms with Gasteiger partial charge in [0.05, 0.1) is 7.11 Å². The standard InChI is InChI=1S/C12H11O/c1-9-11-6-4-3-5-10(11)7-8-12(9)13-2/h3-6,8H,1-2H3. The van der Waals surface area contributed by atoms with Crippen molar-refractivity contribution in [3.8, 4) is 5.75 Å². The van der Waals surface area contributed by atoms with Crippen LogP contribution >= 0.6 is 0 Å². The van der Waals surface area contributed by atoms with Gasteiger partial charge < -0.3 is 4.74 Å². The van der Waals surface area contributed by atoms with Gasteiger partial charge in [0.1, 0.15) is 5.75 Å². The van der Waals surface area contributed by atoms with Crippen molar-refractivity contribution in [1.82, 2.24) is 0 Å². The summed E-state index contributed by atoms with van der Waals surface area (Å²) in [6, 6.07) is 13.3. The van der Waals surface area contributed by atoms with E-state index >= 15 is 0 Å². The fourth-order valence-corrected chi connectivity index (χ4v) is 1.53. The molecular weight excluding hydrogens is 160 g/mol. The number of methoxy groups -OCH3 is 1. The average Bonchev–Trinajstić information content (AvgIpc) is 2.19. The highest BCUT2D eigenvalue weighted by Crippen LogP contribution is 2.25. The highest BCUT2D eigenvalue weighted by molar-refractivity contribution is 5.86. The van der Waals surface area contributed by atoms with E-state index in [1.54, 1.807) is 7.11 Å². The molecule has 1 nitrogen and oxygen atoms in total. The van der Waals surface area contributed by atoms with Crippen LogP contribution in [0.15, 0.2) is 30.3 Å². The lowest BCUT2D eigenvalue weighted by molar-refractivity contribution is 0.412. The van der Waals surface area contributed by atoms with Crippen LogP contribution in [-0.4, -0.2) is 7.11 Å². The molecule has 2 aromatic rings. The smallest absolute Gasteiger partial charge is 0.123 e. The molecule has 0 amide bonds. The number of hydrogen-bond donors (Lipinski definition) is 0. The number of ether oxygens (including phenoxy) is 1. The third-order valence-electron chi connectivity index (χ3n) is 2.28. The maximum Gasteiger partial charge on any atom is 0.123 e. The van der Waals surface area contributed by atoms with Crippen LogP contribution in [0.5, 0.6) is 5.75 Å². The summed E-state index contributed by atoms with van der Waals surface area (Å²) >= 11 is 0. The van der Waals surface area contributed by atoms with Crippen molar-refractivity contribution in [2.24, 2.45) is 0 Å². The van der Waals surface area contributed by atoms with E-state index in [4.69, 9.17) is 4.74 Å². The van der Waals surface area contributed by atoms with Gasteiger partial charge in [0.15, 0.2) is 0 Å². The zero-order chi connectivity index (χ0) is 9.26. The number of benzene rings is 2. The Bertz CT molecular complexity index is 432. The minimum absolute atomic E-state index is 0.902. The zero-order valence-corrected chi connectivity index (χ0v) is 7.79. The summed E-state index contributed by atoms with van der Waals surface area (Å²) < 4.78 is 5.22. The number of hydrogen-bond acceptors (Lipinski definition) is 1. The van der Waals surface area contributed by atoms with Crippen molar-refractivity contribution in [2.75, 3.05) is 7.11 Å². The van der Waals surface area contributed by atoms with E-state index in [0.717, 1.165) is 11.1 Å². The molecule has 0 saturated carbocycles. The van der Waals surface area contributed by atoms with Gasteiger partial charge in [-0.3, -0.25) is 0 Å². The second kappa shape index (κ2) is 3.09. The van der Waals surface area contributed by atoms with Gasteiger partial charge in [-0.2, -0.15) is 0 Å². The predicted molar refractivity (Wildman–Crippen MR) is 54.1 cm³/mol. The molecule has 0 aliphatic heterocycles. The van der Waals surface area contributed by atoms with Crippen LogP contribution in [0, 0.1) is 13.0 Å². The van der Waals surface area contributed by atoms with Gasteiger partial charge in [0.2, 0.25) is 0 Å². The molecule has 0 spiro atoms. The third kappa shape index (κ3) is 1.26. The van der Waals surface area contributed by atoms with Crippen molar-refractivity contribution in [1.29, 1.82) is 0 Å². The molecule has 0 aliphatic rings. The lowest BCUT2D eigenvalue weighted by Gasteiger charge is -2.06. The molecule has 0 aliphatic carbocycles. The van der Waals surface area contributed by atoms with E-state index in [1.165, 1.54) is 10.9 Å². The molecule has 0 unspecified atom stereocenters. The van der Waals surface area contributed by atoms with Crippen molar-refractivity contribution in [2.45, 2.75) is 6.92 Å². The van der Waals surface area contributed by atoms with Crippen molar-refractivity contribution < 1.29 is 4.74 Å². The van der Waals surface area contributed by atoms with Crippen LogP contribution in [0.4, 0.5) is 0 Å². The number of aryl methyl sites for hydroxylation is 1. The molecule has 13 heavy (non-hydrogen) atoms. The second-order valence-electron chi connectivity index (χ2n) is 3.03. The van der Waals surface area contributed by atoms with Gasteiger partial charge in [-0.15, -0.1) is 0 Å². The molecule has 2 rings (SSSR count). The molecule has 65 valence electrons. The van der Waals surface area contributed by atoms with Crippen LogP contribution in [-0.2, 0) is 0 Å². The Morgan fingerprint density at radius 1 is 1.23 bits per heavy atom. The van der Waals surface area contributed by atoms with E-state index in [9.17, 15) is 0 Å². The lowest BCUT2D eigenvalue weighted by atomic mass is 10.1. The predicted octanol–water partition coefficient (Wildman–Crippen LogP) is 2.96. The highest BCUT2D eigenvalue weighted by atomic mass is 16.5. The molecule has 0 fully saturated rings. The summed E-state index contributed by atoms with van der Waals surface area (Å²) in [6.45, 7) is 2.06. The first-order valence-corrected chi connectivity index (χ1v) is 4.27. The fourth-order valence-electron chi connectivity index (χ4n) is 1.53. The van der Waals surface area contributed by atoms with E-state index in [-0.39, 0.29) is 0 Å². The highest BCUT2D eigenvalue weighted by Gasteiger charge is 2.01. The van der Waals surface area contributed by atoms with Crippen molar-refractivity contribution >= 4 is 10.8 Å². The summed E-state index contributed by atoms with van der Waals surface area (Å²) in [4.78, 5) is 0. The molecule has 2 aromatic carbocycles. The van der Waals surface area contributed by atoms with Crippen molar-refractivity contribution in [3.05, 3.63) is 42.0 Å². The van der Waals surface area contributed by atoms with Crippen LogP contribution in [0.2, 0.25) is 0 Å². The van der Waals surface area contributed by atoms with Gasteiger partial charge in [0, 0.05) is 0 Å². The molecular formula is C12H11O. The van der Waals surface area contributed by atoms with Gasteiger partial charge in [-0.1, -0.05) is 24.3 Å². The molecule has 0 aromatic heterocycles. The molecule has 0 saturated heterocycles. The van der Waals surface area contributed by atoms with E-state index in [1.807, 2.05) is 18.2 Å². The Kier molecular flexibility index (Phi) is 1.93. The van der Waals surface area contributed by atoms with Crippen molar-refractivity contribution in [3.63, 3.8) is 0 Å². The topological polar surface area (TPSA) is 9.23 Å². The van der Waals surface area contributed by atoms with E-state index < -0.39 is 0 Å². The van der Waals surface area contributed by atoms with Crippen LogP contribution in [0.25, 0.3) is 10.8 Å². The Balaban J connectivity index is 2.79. The molecule has 1 heteroatoms. The third-order valence-corrected chi connectivity index (χ3v) is 2.28. The average molecular weight is 171 g/mol. The van der Waals surface area contributed by atoms with Gasteiger partial charge >= 0.3 is 0 Å². The second-order valence-corrected chi connectivity index (χ2v) is 3.03. The first-order chi connectivity index (χ1) is 6.33. The minimum Gasteiger partial charge on any atom is -0.496 e. The Morgan fingerprint density at radius 3 is 2.77 bits per heavy atom. The molecule has 0 heterocycles. The van der Waals surface area contributed by atoms with Crippen LogP contribution in [0.1, 0.15) is 5.56 Å². The maximum absolute atomic E-state index is 5.22. The molecule has 0 atom stereocenters. The number of fused-ring (bicyclic) bond motifs is 1. The van der Waals surface area contributed by atoms with Gasteiger partial charge in [-0.25, -0.2) is 0 Å². The quantitative estimate of drug-likeness (QED) is 0.641. The Hall–Kier alpha value is -1.50. The summed E-state index contributed by atoms with van der Waals surface area (Å²) in [6.07, 6.45) is 0. The summed E-state index contributed by atoms with van der Waals surface area (Å²) in [7, 11) is 1.69. The largest absolute Gasteiger partial charge is 0.496 e. The number of rotatable bonds is 1. The first kappa shape index (κ1) is 8.11. The van der Waals surface area contributed by atoms with Crippen LogP contribution < -0.4 is 4.74 Å². The fraction of sp³-hybridized carbons (Fsp3) is 0.167. The Labute approximate surface area is 78.0 Å². The maximum atomic E-state index is 5.22.